The van der Waals surface area contributed by atoms with Crippen LogP contribution in [0.25, 0.3) is 0 Å². The van der Waals surface area contributed by atoms with Crippen LogP contribution in [0.15, 0.2) is 22.7 Å². The van der Waals surface area contributed by atoms with Gasteiger partial charge in [0.05, 0.1) is 11.9 Å². The monoisotopic (exact) mass is 550 g/mol. The van der Waals surface area contributed by atoms with E-state index in [0.717, 1.165) is 64.7 Å². The van der Waals surface area contributed by atoms with Crippen molar-refractivity contribution >= 4 is 29.3 Å². The molecule has 0 unspecified atom stereocenters. The van der Waals surface area contributed by atoms with Crippen LogP contribution in [0.3, 0.4) is 0 Å². The largest absolute Gasteiger partial charge is 0.437 e. The third-order valence-electron chi connectivity index (χ3n) is 7.35. The van der Waals surface area contributed by atoms with E-state index in [0.29, 0.717) is 31.2 Å². The van der Waals surface area contributed by atoms with Crippen LogP contribution in [-0.4, -0.2) is 66.0 Å². The molecule has 0 atom stereocenters. The molecule has 12 heteroatoms. The van der Waals surface area contributed by atoms with Gasteiger partial charge in [-0.1, -0.05) is 6.92 Å². The average molecular weight is 551 g/mol. The normalized spacial score (nSPS) is 16.8. The number of hydrogen-bond donors (Lipinski definition) is 1. The molecule has 2 aliphatic rings. The number of piperidine rings is 2. The van der Waals surface area contributed by atoms with Crippen molar-refractivity contribution in [2.24, 2.45) is 5.92 Å². The van der Waals surface area contributed by atoms with Gasteiger partial charge in [0.2, 0.25) is 11.7 Å². The van der Waals surface area contributed by atoms with Crippen molar-refractivity contribution in [1.82, 2.24) is 14.9 Å². The molecule has 2 aromatic heterocycles. The lowest BCUT2D eigenvalue weighted by atomic mass is 9.93. The van der Waals surface area contributed by atoms with E-state index in [1.165, 1.54) is 6.20 Å². The third-order valence-corrected chi connectivity index (χ3v) is 7.35. The van der Waals surface area contributed by atoms with Gasteiger partial charge in [0.1, 0.15) is 5.82 Å². The van der Waals surface area contributed by atoms with Gasteiger partial charge in [0.25, 0.3) is 11.9 Å². The Bertz CT molecular complexity index is 1110. The first-order valence-electron chi connectivity index (χ1n) is 13.8. The van der Waals surface area contributed by atoms with Gasteiger partial charge in [-0.2, -0.15) is 18.2 Å². The van der Waals surface area contributed by atoms with Crippen LogP contribution in [0, 0.1) is 5.92 Å². The summed E-state index contributed by atoms with van der Waals surface area (Å²) in [5, 5.41) is 2.46. The van der Waals surface area contributed by atoms with Crippen LogP contribution in [-0.2, 0) is 11.0 Å². The summed E-state index contributed by atoms with van der Waals surface area (Å²) in [6.45, 7) is 8.16. The quantitative estimate of drug-likeness (QED) is 0.459. The van der Waals surface area contributed by atoms with Crippen molar-refractivity contribution in [2.75, 3.05) is 54.4 Å². The van der Waals surface area contributed by atoms with E-state index < -0.39 is 23.5 Å². The second-order valence-electron chi connectivity index (χ2n) is 10.2. The lowest BCUT2D eigenvalue weighted by molar-refractivity contribution is -0.141. The van der Waals surface area contributed by atoms with Crippen LogP contribution >= 0.6 is 0 Å². The van der Waals surface area contributed by atoms with Crippen LogP contribution < -0.4 is 15.1 Å². The number of oxazole rings is 1. The number of carbonyl (C=O) groups excluding carboxylic acids is 2. The number of hydrogen-bond acceptors (Lipinski definition) is 7. The molecule has 1 N–H and O–H groups in total. The summed E-state index contributed by atoms with van der Waals surface area (Å²) in [5.74, 6) is -0.633. The number of carbonyl (C=O) groups is 2. The summed E-state index contributed by atoms with van der Waals surface area (Å²) in [4.78, 5) is 39.0. The topological polar surface area (TPSA) is 94.8 Å². The van der Waals surface area contributed by atoms with Crippen molar-refractivity contribution in [3.63, 3.8) is 0 Å². The number of rotatable bonds is 9. The van der Waals surface area contributed by atoms with E-state index in [2.05, 4.69) is 27.1 Å². The zero-order chi connectivity index (χ0) is 28.0. The molecule has 0 saturated carbocycles. The van der Waals surface area contributed by atoms with E-state index in [1.807, 2.05) is 11.8 Å². The van der Waals surface area contributed by atoms with Crippen LogP contribution in [0.5, 0.6) is 0 Å². The first-order chi connectivity index (χ1) is 18.7. The van der Waals surface area contributed by atoms with Crippen LogP contribution in [0.4, 0.5) is 30.7 Å². The van der Waals surface area contributed by atoms with E-state index >= 15 is 0 Å². The van der Waals surface area contributed by atoms with E-state index in [1.54, 1.807) is 17.0 Å². The molecule has 0 radical (unpaired) electrons. The maximum Gasteiger partial charge on any atom is 0.437 e. The smallest absolute Gasteiger partial charge is 0.417 e. The van der Waals surface area contributed by atoms with Gasteiger partial charge in [0.15, 0.2) is 5.69 Å². The van der Waals surface area contributed by atoms with Crippen molar-refractivity contribution in [3.8, 4) is 0 Å². The molecule has 39 heavy (non-hydrogen) atoms. The SMILES string of the molecule is CCCN(CC)C(=O)CC1CCN(c2ccc(NC(=O)c3oc(N4CCCCC4)nc3C(F)(F)F)cn2)CC1. The maximum atomic E-state index is 13.6. The Morgan fingerprint density at radius 2 is 1.79 bits per heavy atom. The van der Waals surface area contributed by atoms with Crippen molar-refractivity contribution in [2.45, 2.75) is 65.0 Å². The Morgan fingerprint density at radius 1 is 1.08 bits per heavy atom. The van der Waals surface area contributed by atoms with E-state index in [9.17, 15) is 22.8 Å². The molecule has 2 aromatic rings. The standard InChI is InChI=1S/C27H37F3N6O3/c1-3-12-34(4-2)22(37)17-19-10-15-35(16-11-19)21-9-8-20(18-31-21)32-25(38)23-24(27(28,29)30)33-26(39-23)36-13-6-5-7-14-36/h8-9,18-19H,3-7,10-17H2,1-2H3,(H,32,38). The second-order valence-corrected chi connectivity index (χ2v) is 10.2. The summed E-state index contributed by atoms with van der Waals surface area (Å²) in [5.41, 5.74) is -1.08. The minimum Gasteiger partial charge on any atom is -0.417 e. The molecule has 0 aliphatic carbocycles. The Hall–Kier alpha value is -3.31. The Balaban J connectivity index is 1.35. The Morgan fingerprint density at radius 3 is 2.38 bits per heavy atom. The highest BCUT2D eigenvalue weighted by Crippen LogP contribution is 2.35. The average Bonchev–Trinajstić information content (AvgIpc) is 3.40. The Kier molecular flexibility index (Phi) is 9.34. The van der Waals surface area contributed by atoms with E-state index in [4.69, 9.17) is 4.42 Å². The third kappa shape index (κ3) is 7.21. The van der Waals surface area contributed by atoms with Crippen molar-refractivity contribution in [1.29, 1.82) is 0 Å². The summed E-state index contributed by atoms with van der Waals surface area (Å²) < 4.78 is 46.2. The molecule has 214 valence electrons. The van der Waals surface area contributed by atoms with Gasteiger partial charge >= 0.3 is 6.18 Å². The number of alkyl halides is 3. The molecule has 0 spiro atoms. The summed E-state index contributed by atoms with van der Waals surface area (Å²) in [6.07, 6.45) is 2.50. The van der Waals surface area contributed by atoms with E-state index in [-0.39, 0.29) is 17.6 Å². The van der Waals surface area contributed by atoms with Gasteiger partial charge < -0.3 is 24.4 Å². The number of nitrogens with zero attached hydrogens (tertiary/aromatic N) is 5. The van der Waals surface area contributed by atoms with Crippen molar-refractivity contribution < 1.29 is 27.2 Å². The predicted octanol–water partition coefficient (Wildman–Crippen LogP) is 5.20. The number of nitrogens with one attached hydrogen (secondary N) is 1. The lowest BCUT2D eigenvalue weighted by Gasteiger charge is -2.33. The summed E-state index contributed by atoms with van der Waals surface area (Å²) >= 11 is 0. The highest BCUT2D eigenvalue weighted by molar-refractivity contribution is 6.03. The first kappa shape index (κ1) is 28.7. The van der Waals surface area contributed by atoms with Crippen LogP contribution in [0.2, 0.25) is 0 Å². The molecule has 2 fully saturated rings. The fourth-order valence-corrected chi connectivity index (χ4v) is 5.18. The molecular formula is C27H37F3N6O3. The lowest BCUT2D eigenvalue weighted by Crippen LogP contribution is -2.38. The number of halogens is 3. The highest BCUT2D eigenvalue weighted by Gasteiger charge is 2.42. The minimum absolute atomic E-state index is 0.182. The second kappa shape index (κ2) is 12.7. The van der Waals surface area contributed by atoms with Gasteiger partial charge in [-0.15, -0.1) is 0 Å². The predicted molar refractivity (Wildman–Crippen MR) is 142 cm³/mol. The molecule has 2 amide bonds. The molecule has 0 aromatic carbocycles. The number of pyridine rings is 1. The molecule has 2 aliphatic heterocycles. The number of amides is 2. The van der Waals surface area contributed by atoms with Crippen LogP contribution in [0.1, 0.15) is 75.0 Å². The molecule has 2 saturated heterocycles. The highest BCUT2D eigenvalue weighted by atomic mass is 19.4. The zero-order valence-electron chi connectivity index (χ0n) is 22.6. The minimum atomic E-state index is -4.83. The molecule has 9 nitrogen and oxygen atoms in total. The summed E-state index contributed by atoms with van der Waals surface area (Å²) in [7, 11) is 0. The fraction of sp³-hybridized carbons (Fsp3) is 0.630. The molecule has 4 heterocycles. The van der Waals surface area contributed by atoms with Gasteiger partial charge in [-0.25, -0.2) is 4.98 Å². The fourth-order valence-electron chi connectivity index (χ4n) is 5.18. The van der Waals surface area contributed by atoms with Crippen molar-refractivity contribution in [3.05, 3.63) is 29.8 Å². The zero-order valence-corrected chi connectivity index (χ0v) is 22.6. The number of aromatic nitrogens is 2. The molecular weight excluding hydrogens is 513 g/mol. The molecule has 0 bridgehead atoms. The number of anilines is 3. The summed E-state index contributed by atoms with van der Waals surface area (Å²) in [6, 6.07) is 3.15. The molecule has 4 rings (SSSR count). The maximum absolute atomic E-state index is 13.6. The van der Waals surface area contributed by atoms with Gasteiger partial charge in [-0.3, -0.25) is 9.59 Å². The first-order valence-corrected chi connectivity index (χ1v) is 13.8. The van der Waals surface area contributed by atoms with Gasteiger partial charge in [0, 0.05) is 45.7 Å². The Labute approximate surface area is 226 Å². The van der Waals surface area contributed by atoms with Gasteiger partial charge in [-0.05, 0) is 63.5 Å².